The Morgan fingerprint density at radius 2 is 2.38 bits per heavy atom. The van der Waals surface area contributed by atoms with Crippen LogP contribution in [-0.2, 0) is 4.79 Å². The SMILES string of the molecule is O=C1Nc2cc(F)ccc2N2CCSCC12. The van der Waals surface area contributed by atoms with Crippen LogP contribution in [0.2, 0.25) is 0 Å². The molecule has 0 saturated carbocycles. The van der Waals surface area contributed by atoms with Crippen LogP contribution in [0.4, 0.5) is 15.8 Å². The molecule has 3 nitrogen and oxygen atoms in total. The van der Waals surface area contributed by atoms with Crippen LogP contribution >= 0.6 is 11.8 Å². The number of rotatable bonds is 0. The lowest BCUT2D eigenvalue weighted by molar-refractivity contribution is -0.117. The number of nitrogens with one attached hydrogen (secondary N) is 1. The fraction of sp³-hybridized carbons (Fsp3) is 0.364. The van der Waals surface area contributed by atoms with E-state index >= 15 is 0 Å². The van der Waals surface area contributed by atoms with E-state index in [0.29, 0.717) is 5.69 Å². The molecule has 1 saturated heterocycles. The van der Waals surface area contributed by atoms with E-state index in [1.165, 1.54) is 12.1 Å². The number of hydrogen-bond acceptors (Lipinski definition) is 3. The molecule has 1 N–H and O–H groups in total. The third kappa shape index (κ3) is 1.46. The van der Waals surface area contributed by atoms with Crippen LogP contribution in [-0.4, -0.2) is 30.0 Å². The second-order valence-corrected chi connectivity index (χ2v) is 5.08. The van der Waals surface area contributed by atoms with Gasteiger partial charge in [0.2, 0.25) is 5.91 Å². The highest BCUT2D eigenvalue weighted by Gasteiger charge is 2.34. The Bertz CT molecular complexity index is 452. The van der Waals surface area contributed by atoms with Crippen molar-refractivity contribution < 1.29 is 9.18 Å². The summed E-state index contributed by atoms with van der Waals surface area (Å²) in [5.74, 6) is 1.48. The molecular formula is C11H11FN2OS. The second-order valence-electron chi connectivity index (χ2n) is 3.93. The van der Waals surface area contributed by atoms with E-state index in [2.05, 4.69) is 10.2 Å². The maximum atomic E-state index is 13.1. The molecule has 0 radical (unpaired) electrons. The lowest BCUT2D eigenvalue weighted by Gasteiger charge is -2.40. The number of benzene rings is 1. The number of carbonyl (C=O) groups excluding carboxylic acids is 1. The Labute approximate surface area is 97.0 Å². The molecule has 1 aromatic rings. The summed E-state index contributed by atoms with van der Waals surface area (Å²) in [5, 5.41) is 2.77. The third-order valence-corrected chi connectivity index (χ3v) is 3.98. The molecular weight excluding hydrogens is 227 g/mol. The normalized spacial score (nSPS) is 23.4. The molecule has 0 spiro atoms. The summed E-state index contributed by atoms with van der Waals surface area (Å²) < 4.78 is 13.1. The Kier molecular flexibility index (Phi) is 2.28. The molecule has 5 heteroatoms. The smallest absolute Gasteiger partial charge is 0.247 e. The molecule has 2 aliphatic heterocycles. The summed E-state index contributed by atoms with van der Waals surface area (Å²) in [6.07, 6.45) is 0. The van der Waals surface area contributed by atoms with Crippen LogP contribution in [0, 0.1) is 5.82 Å². The van der Waals surface area contributed by atoms with Crippen molar-refractivity contribution in [2.75, 3.05) is 28.3 Å². The van der Waals surface area contributed by atoms with E-state index < -0.39 is 0 Å². The Balaban J connectivity index is 2.06. The summed E-state index contributed by atoms with van der Waals surface area (Å²) in [5.41, 5.74) is 1.53. The minimum absolute atomic E-state index is 0.0229. The number of hydrogen-bond donors (Lipinski definition) is 1. The molecule has 1 unspecified atom stereocenters. The van der Waals surface area contributed by atoms with Crippen LogP contribution in [0.3, 0.4) is 0 Å². The van der Waals surface area contributed by atoms with E-state index in [-0.39, 0.29) is 17.8 Å². The molecule has 1 amide bonds. The number of thioether (sulfide) groups is 1. The summed E-state index contributed by atoms with van der Waals surface area (Å²) in [6.45, 7) is 0.849. The summed E-state index contributed by atoms with van der Waals surface area (Å²) in [6, 6.07) is 4.46. The zero-order valence-electron chi connectivity index (χ0n) is 8.57. The van der Waals surface area contributed by atoms with Gasteiger partial charge in [-0.25, -0.2) is 4.39 Å². The van der Waals surface area contributed by atoms with Crippen LogP contribution in [0.5, 0.6) is 0 Å². The van der Waals surface area contributed by atoms with Crippen molar-refractivity contribution in [2.24, 2.45) is 0 Å². The second kappa shape index (κ2) is 3.66. The first-order chi connectivity index (χ1) is 7.75. The van der Waals surface area contributed by atoms with Gasteiger partial charge in [0.05, 0.1) is 11.4 Å². The van der Waals surface area contributed by atoms with Crippen molar-refractivity contribution in [1.82, 2.24) is 0 Å². The maximum Gasteiger partial charge on any atom is 0.247 e. The first-order valence-corrected chi connectivity index (χ1v) is 6.36. The van der Waals surface area contributed by atoms with Gasteiger partial charge in [-0.2, -0.15) is 11.8 Å². The highest BCUT2D eigenvalue weighted by atomic mass is 32.2. The molecule has 1 aromatic carbocycles. The van der Waals surface area contributed by atoms with E-state index in [0.717, 1.165) is 23.7 Å². The molecule has 1 fully saturated rings. The van der Waals surface area contributed by atoms with Gasteiger partial charge in [-0.15, -0.1) is 0 Å². The molecule has 0 bridgehead atoms. The predicted octanol–water partition coefficient (Wildman–Crippen LogP) is 1.70. The van der Waals surface area contributed by atoms with Gasteiger partial charge in [-0.3, -0.25) is 4.79 Å². The van der Waals surface area contributed by atoms with Gasteiger partial charge < -0.3 is 10.2 Å². The number of halogens is 1. The van der Waals surface area contributed by atoms with Crippen molar-refractivity contribution in [3.63, 3.8) is 0 Å². The predicted molar refractivity (Wildman–Crippen MR) is 63.5 cm³/mol. The van der Waals surface area contributed by atoms with Gasteiger partial charge in [-0.1, -0.05) is 0 Å². The zero-order chi connectivity index (χ0) is 11.1. The Hall–Kier alpha value is -1.23. The quantitative estimate of drug-likeness (QED) is 0.746. The number of anilines is 2. The van der Waals surface area contributed by atoms with Crippen molar-refractivity contribution in [1.29, 1.82) is 0 Å². The van der Waals surface area contributed by atoms with E-state index in [4.69, 9.17) is 0 Å². The molecule has 1 atom stereocenters. The van der Waals surface area contributed by atoms with Gasteiger partial charge in [0, 0.05) is 18.1 Å². The van der Waals surface area contributed by atoms with Gasteiger partial charge >= 0.3 is 0 Å². The van der Waals surface area contributed by atoms with Crippen LogP contribution in [0.25, 0.3) is 0 Å². The molecule has 0 aromatic heterocycles. The number of amides is 1. The fourth-order valence-electron chi connectivity index (χ4n) is 2.18. The first-order valence-electron chi connectivity index (χ1n) is 5.20. The molecule has 84 valence electrons. The fourth-order valence-corrected chi connectivity index (χ4v) is 3.23. The van der Waals surface area contributed by atoms with Crippen LogP contribution in [0.15, 0.2) is 18.2 Å². The molecule has 16 heavy (non-hydrogen) atoms. The van der Waals surface area contributed by atoms with Crippen molar-refractivity contribution >= 4 is 29.0 Å². The summed E-state index contributed by atoms with van der Waals surface area (Å²) >= 11 is 1.79. The van der Waals surface area contributed by atoms with E-state index in [1.54, 1.807) is 17.8 Å². The molecule has 2 aliphatic rings. The van der Waals surface area contributed by atoms with Crippen LogP contribution in [0.1, 0.15) is 0 Å². The van der Waals surface area contributed by atoms with E-state index in [9.17, 15) is 9.18 Å². The van der Waals surface area contributed by atoms with Gasteiger partial charge in [-0.05, 0) is 18.2 Å². The minimum atomic E-state index is -0.316. The first kappa shape index (κ1) is 9.96. The van der Waals surface area contributed by atoms with Crippen molar-refractivity contribution in [2.45, 2.75) is 6.04 Å². The topological polar surface area (TPSA) is 32.3 Å². The lowest BCUT2D eigenvalue weighted by Crippen LogP contribution is -2.52. The van der Waals surface area contributed by atoms with E-state index in [1.807, 2.05) is 0 Å². The summed E-state index contributed by atoms with van der Waals surface area (Å²) in [4.78, 5) is 13.9. The summed E-state index contributed by atoms with van der Waals surface area (Å²) in [7, 11) is 0. The number of carbonyl (C=O) groups is 1. The Morgan fingerprint density at radius 3 is 3.25 bits per heavy atom. The van der Waals surface area contributed by atoms with Crippen molar-refractivity contribution in [3.05, 3.63) is 24.0 Å². The van der Waals surface area contributed by atoms with Crippen LogP contribution < -0.4 is 10.2 Å². The molecule has 2 heterocycles. The highest BCUT2D eigenvalue weighted by Crippen LogP contribution is 2.35. The monoisotopic (exact) mass is 238 g/mol. The molecule has 3 rings (SSSR count). The average molecular weight is 238 g/mol. The maximum absolute atomic E-state index is 13.1. The molecule has 0 aliphatic carbocycles. The van der Waals surface area contributed by atoms with Gasteiger partial charge in [0.25, 0.3) is 0 Å². The average Bonchev–Trinajstić information content (AvgIpc) is 2.29. The zero-order valence-corrected chi connectivity index (χ0v) is 9.39. The Morgan fingerprint density at radius 1 is 1.50 bits per heavy atom. The number of fused-ring (bicyclic) bond motifs is 3. The van der Waals surface area contributed by atoms with Gasteiger partial charge in [0.15, 0.2) is 0 Å². The number of nitrogens with zero attached hydrogens (tertiary/aromatic N) is 1. The largest absolute Gasteiger partial charge is 0.356 e. The third-order valence-electron chi connectivity index (χ3n) is 2.96. The standard InChI is InChI=1S/C11H11FN2OS/c12-7-1-2-9-8(5-7)13-11(15)10-6-16-4-3-14(9)10/h1-2,5,10H,3-4,6H2,(H,13,15). The minimum Gasteiger partial charge on any atom is -0.356 e. The van der Waals surface area contributed by atoms with Gasteiger partial charge in [0.1, 0.15) is 11.9 Å². The lowest BCUT2D eigenvalue weighted by atomic mass is 10.1. The highest BCUT2D eigenvalue weighted by molar-refractivity contribution is 7.99. The van der Waals surface area contributed by atoms with Crippen molar-refractivity contribution in [3.8, 4) is 0 Å².